The predicted molar refractivity (Wildman–Crippen MR) is 115 cm³/mol. The molecule has 34 heavy (non-hydrogen) atoms. The lowest BCUT2D eigenvalue weighted by molar-refractivity contribution is -0.144. The van der Waals surface area contributed by atoms with Crippen LogP contribution in [-0.2, 0) is 33.6 Å². The van der Waals surface area contributed by atoms with E-state index in [4.69, 9.17) is 27.4 Å². The van der Waals surface area contributed by atoms with Gasteiger partial charge in [-0.1, -0.05) is 13.8 Å². The molecule has 15 heteroatoms. The predicted octanol–water partition coefficient (Wildman–Crippen LogP) is -3.49. The van der Waals surface area contributed by atoms with Crippen molar-refractivity contribution in [3.8, 4) is 0 Å². The summed E-state index contributed by atoms with van der Waals surface area (Å²) >= 11 is 0. The highest BCUT2D eigenvalue weighted by atomic mass is 16.4. The molecular formula is C19H32N6O9. The molecule has 0 aliphatic rings. The van der Waals surface area contributed by atoms with E-state index >= 15 is 0 Å². The monoisotopic (exact) mass is 488 g/mol. The Kier molecular flexibility index (Phi) is 12.8. The molecule has 0 bridgehead atoms. The van der Waals surface area contributed by atoms with Crippen molar-refractivity contribution in [2.24, 2.45) is 23.1 Å². The van der Waals surface area contributed by atoms with Crippen molar-refractivity contribution in [2.75, 3.05) is 0 Å². The Labute approximate surface area is 195 Å². The van der Waals surface area contributed by atoms with Gasteiger partial charge < -0.3 is 43.4 Å². The van der Waals surface area contributed by atoms with Gasteiger partial charge in [-0.25, -0.2) is 4.79 Å². The van der Waals surface area contributed by atoms with Crippen LogP contribution in [0.15, 0.2) is 0 Å². The number of aliphatic carboxylic acids is 2. The molecule has 0 aliphatic carbocycles. The van der Waals surface area contributed by atoms with Gasteiger partial charge >= 0.3 is 11.9 Å². The van der Waals surface area contributed by atoms with E-state index < -0.39 is 91.3 Å². The van der Waals surface area contributed by atoms with Crippen LogP contribution >= 0.6 is 0 Å². The lowest BCUT2D eigenvalue weighted by Gasteiger charge is -2.25. The van der Waals surface area contributed by atoms with Crippen molar-refractivity contribution >= 4 is 41.5 Å². The lowest BCUT2D eigenvalue weighted by atomic mass is 10.0. The maximum Gasteiger partial charge on any atom is 0.326 e. The lowest BCUT2D eigenvalue weighted by Crippen LogP contribution is -2.57. The van der Waals surface area contributed by atoms with Gasteiger partial charge in [0.1, 0.15) is 18.1 Å². The molecule has 0 aromatic rings. The fourth-order valence-electron chi connectivity index (χ4n) is 2.77. The first-order valence-electron chi connectivity index (χ1n) is 10.3. The summed E-state index contributed by atoms with van der Waals surface area (Å²) in [5, 5.41) is 24.8. The number of amides is 5. The fraction of sp³-hybridized carbons (Fsp3) is 0.632. The normalized spacial score (nSPS) is 14.2. The average molecular weight is 488 g/mol. The van der Waals surface area contributed by atoms with Crippen molar-refractivity contribution in [2.45, 2.75) is 70.1 Å². The number of hydrogen-bond donors (Lipinski definition) is 8. The fourth-order valence-corrected chi connectivity index (χ4v) is 2.77. The third kappa shape index (κ3) is 12.3. The van der Waals surface area contributed by atoms with E-state index in [0.29, 0.717) is 0 Å². The summed E-state index contributed by atoms with van der Waals surface area (Å²) in [5.74, 6) is -7.61. The molecule has 0 spiro atoms. The molecule has 0 heterocycles. The van der Waals surface area contributed by atoms with Gasteiger partial charge in [0.25, 0.3) is 0 Å². The standard InChI is InChI=1S/C19H32N6O9/c1-8(2)5-11(24-16(30)9(20)6-13(21)26)18(32)23-10(3-4-15(28)29)17(31)25-12(19(33)34)7-14(22)27/h8-12H,3-7,20H2,1-2H3,(H2,21,26)(H2,22,27)(H,23,32)(H,24,30)(H,25,31)(H,28,29)(H,33,34). The van der Waals surface area contributed by atoms with Crippen LogP contribution in [0.2, 0.25) is 0 Å². The molecule has 0 saturated carbocycles. The Morgan fingerprint density at radius 2 is 1.21 bits per heavy atom. The molecule has 15 nitrogen and oxygen atoms in total. The number of carboxylic acids is 2. The summed E-state index contributed by atoms with van der Waals surface area (Å²) in [6.07, 6.45) is -2.09. The van der Waals surface area contributed by atoms with Gasteiger partial charge in [-0.05, 0) is 18.8 Å². The Morgan fingerprint density at radius 3 is 1.65 bits per heavy atom. The number of carboxylic acid groups (broad SMARTS) is 2. The van der Waals surface area contributed by atoms with E-state index in [-0.39, 0.29) is 12.3 Å². The minimum Gasteiger partial charge on any atom is -0.481 e. The number of carbonyl (C=O) groups is 7. The molecule has 0 saturated heterocycles. The molecule has 0 rings (SSSR count). The highest BCUT2D eigenvalue weighted by Crippen LogP contribution is 2.08. The Balaban J connectivity index is 5.61. The van der Waals surface area contributed by atoms with E-state index in [0.717, 1.165) is 0 Å². The average Bonchev–Trinajstić information content (AvgIpc) is 2.68. The number of nitrogens with two attached hydrogens (primary N) is 3. The first-order valence-corrected chi connectivity index (χ1v) is 10.3. The molecule has 0 fully saturated rings. The number of carbonyl (C=O) groups excluding carboxylic acids is 5. The second-order valence-electron chi connectivity index (χ2n) is 8.03. The zero-order valence-corrected chi connectivity index (χ0v) is 18.9. The molecule has 0 aliphatic heterocycles. The van der Waals surface area contributed by atoms with Crippen LogP contribution in [0.5, 0.6) is 0 Å². The van der Waals surface area contributed by atoms with Gasteiger partial charge in [-0.2, -0.15) is 0 Å². The third-order valence-corrected chi connectivity index (χ3v) is 4.40. The molecule has 0 aromatic heterocycles. The maximum atomic E-state index is 12.8. The Morgan fingerprint density at radius 1 is 0.735 bits per heavy atom. The molecule has 4 atom stereocenters. The molecule has 192 valence electrons. The summed E-state index contributed by atoms with van der Waals surface area (Å²) in [5.41, 5.74) is 15.6. The maximum absolute atomic E-state index is 12.8. The highest BCUT2D eigenvalue weighted by Gasteiger charge is 2.31. The van der Waals surface area contributed by atoms with Crippen LogP contribution in [0.3, 0.4) is 0 Å². The van der Waals surface area contributed by atoms with Crippen molar-refractivity contribution in [1.82, 2.24) is 16.0 Å². The van der Waals surface area contributed by atoms with E-state index in [1.807, 2.05) is 5.32 Å². The molecular weight excluding hydrogens is 456 g/mol. The van der Waals surface area contributed by atoms with Crippen LogP contribution in [-0.4, -0.2) is 75.9 Å². The first kappa shape index (κ1) is 30.2. The van der Waals surface area contributed by atoms with E-state index in [9.17, 15) is 33.6 Å². The minimum atomic E-state index is -1.70. The SMILES string of the molecule is CC(C)CC(NC(=O)C(N)CC(N)=O)C(=O)NC(CCC(=O)O)C(=O)NC(CC(N)=O)C(=O)O. The van der Waals surface area contributed by atoms with Crippen molar-refractivity contribution in [3.05, 3.63) is 0 Å². The zero-order chi connectivity index (χ0) is 26.6. The third-order valence-electron chi connectivity index (χ3n) is 4.40. The summed E-state index contributed by atoms with van der Waals surface area (Å²) in [6, 6.07) is -5.75. The van der Waals surface area contributed by atoms with Gasteiger partial charge in [0.15, 0.2) is 0 Å². The van der Waals surface area contributed by atoms with Crippen molar-refractivity contribution in [3.63, 3.8) is 0 Å². The summed E-state index contributed by atoms with van der Waals surface area (Å²) in [4.78, 5) is 82.0. The molecule has 0 aromatic carbocycles. The van der Waals surface area contributed by atoms with Crippen LogP contribution in [0.1, 0.15) is 46.0 Å². The van der Waals surface area contributed by atoms with Crippen molar-refractivity contribution < 1.29 is 43.8 Å². The number of primary amides is 2. The summed E-state index contributed by atoms with van der Waals surface area (Å²) < 4.78 is 0. The number of hydrogen-bond acceptors (Lipinski definition) is 8. The van der Waals surface area contributed by atoms with Crippen LogP contribution < -0.4 is 33.2 Å². The Hall–Kier alpha value is -3.75. The van der Waals surface area contributed by atoms with Gasteiger partial charge in [0, 0.05) is 6.42 Å². The van der Waals surface area contributed by atoms with Crippen LogP contribution in [0.4, 0.5) is 0 Å². The summed E-state index contributed by atoms with van der Waals surface area (Å²) in [6.45, 7) is 3.48. The van der Waals surface area contributed by atoms with Gasteiger partial charge in [0.2, 0.25) is 29.5 Å². The minimum absolute atomic E-state index is 0.0908. The van der Waals surface area contributed by atoms with Gasteiger partial charge in [-0.15, -0.1) is 0 Å². The van der Waals surface area contributed by atoms with Gasteiger partial charge in [-0.3, -0.25) is 28.8 Å². The first-order chi connectivity index (χ1) is 15.6. The van der Waals surface area contributed by atoms with E-state index in [2.05, 4.69) is 10.6 Å². The number of nitrogens with one attached hydrogen (secondary N) is 3. The topological polar surface area (TPSA) is 274 Å². The smallest absolute Gasteiger partial charge is 0.326 e. The molecule has 11 N–H and O–H groups in total. The van der Waals surface area contributed by atoms with E-state index in [1.165, 1.54) is 0 Å². The molecule has 4 unspecified atom stereocenters. The molecule has 5 amide bonds. The second kappa shape index (κ2) is 14.4. The summed E-state index contributed by atoms with van der Waals surface area (Å²) in [7, 11) is 0. The second-order valence-corrected chi connectivity index (χ2v) is 8.03. The van der Waals surface area contributed by atoms with Crippen molar-refractivity contribution in [1.29, 1.82) is 0 Å². The quantitative estimate of drug-likeness (QED) is 0.106. The van der Waals surface area contributed by atoms with Gasteiger partial charge in [0.05, 0.1) is 18.9 Å². The van der Waals surface area contributed by atoms with E-state index in [1.54, 1.807) is 13.8 Å². The zero-order valence-electron chi connectivity index (χ0n) is 18.9. The largest absolute Gasteiger partial charge is 0.481 e. The molecule has 0 radical (unpaired) electrons. The Bertz CT molecular complexity index is 801. The van der Waals surface area contributed by atoms with Crippen LogP contribution in [0, 0.1) is 5.92 Å². The highest BCUT2D eigenvalue weighted by molar-refractivity contribution is 5.95. The number of rotatable bonds is 16. The van der Waals surface area contributed by atoms with Crippen LogP contribution in [0.25, 0.3) is 0 Å².